The number of nitrogens with one attached hydrogen (secondary N) is 1. The number of para-hydroxylation sites is 2. The molecule has 4 rings (SSSR count). The minimum atomic E-state index is -0.587. The van der Waals surface area contributed by atoms with Crippen LogP contribution < -0.4 is 20.3 Å². The van der Waals surface area contributed by atoms with Crippen molar-refractivity contribution in [1.82, 2.24) is 15.1 Å². The van der Waals surface area contributed by atoms with E-state index in [9.17, 15) is 14.7 Å². The molecule has 3 aromatic rings. The number of carbonyl (C=O) groups excluding carboxylic acids is 1. The molecule has 1 aliphatic heterocycles. The zero-order valence-corrected chi connectivity index (χ0v) is 16.6. The number of aromatic nitrogens is 2. The van der Waals surface area contributed by atoms with Crippen LogP contribution >= 0.6 is 0 Å². The van der Waals surface area contributed by atoms with Gasteiger partial charge >= 0.3 is 0 Å². The van der Waals surface area contributed by atoms with E-state index >= 15 is 0 Å². The van der Waals surface area contributed by atoms with Gasteiger partial charge in [0.15, 0.2) is 11.4 Å². The van der Waals surface area contributed by atoms with Gasteiger partial charge in [0.2, 0.25) is 0 Å². The molecule has 0 radical (unpaired) electrons. The van der Waals surface area contributed by atoms with Crippen LogP contribution in [0, 0.1) is 6.92 Å². The number of hydrogen-bond acceptors (Lipinski definition) is 6. The molecule has 1 aromatic heterocycles. The van der Waals surface area contributed by atoms with Crippen molar-refractivity contribution in [3.05, 3.63) is 75.7 Å². The van der Waals surface area contributed by atoms with Crippen molar-refractivity contribution in [1.29, 1.82) is 0 Å². The molecule has 30 heavy (non-hydrogen) atoms. The van der Waals surface area contributed by atoms with Crippen molar-refractivity contribution in [2.24, 2.45) is 0 Å². The number of aromatic hydroxyl groups is 1. The molecule has 0 saturated heterocycles. The van der Waals surface area contributed by atoms with Crippen molar-refractivity contribution in [3.63, 3.8) is 0 Å². The molecule has 154 valence electrons. The first-order valence-corrected chi connectivity index (χ1v) is 9.49. The van der Waals surface area contributed by atoms with Gasteiger partial charge in [-0.3, -0.25) is 9.59 Å². The summed E-state index contributed by atoms with van der Waals surface area (Å²) >= 11 is 0. The number of hydrogen-bond donors (Lipinski definition) is 2. The minimum absolute atomic E-state index is 0.249. The summed E-state index contributed by atoms with van der Waals surface area (Å²) in [7, 11) is 1.47. The molecule has 2 heterocycles. The van der Waals surface area contributed by atoms with E-state index in [1.807, 2.05) is 25.1 Å². The Hall–Kier alpha value is -3.81. The second-order valence-electron chi connectivity index (χ2n) is 7.00. The van der Waals surface area contributed by atoms with E-state index < -0.39 is 17.2 Å². The number of rotatable bonds is 4. The molecule has 0 fully saturated rings. The molecule has 0 aliphatic carbocycles. The van der Waals surface area contributed by atoms with Crippen LogP contribution in [0.1, 0.15) is 34.1 Å². The molecule has 8 heteroatoms. The van der Waals surface area contributed by atoms with E-state index in [1.54, 1.807) is 24.3 Å². The van der Waals surface area contributed by atoms with Crippen LogP contribution in [0.25, 0.3) is 5.69 Å². The number of fused-ring (bicyclic) bond motifs is 1. The highest BCUT2D eigenvalue weighted by molar-refractivity contribution is 5.95. The summed E-state index contributed by atoms with van der Waals surface area (Å²) in [6.45, 7) is 2.42. The van der Waals surface area contributed by atoms with Gasteiger partial charge in [0, 0.05) is 18.1 Å². The van der Waals surface area contributed by atoms with Crippen molar-refractivity contribution < 1.29 is 19.4 Å². The molecular formula is C22H21N3O5. The normalized spacial score (nSPS) is 15.1. The topological polar surface area (TPSA) is 103 Å². The molecule has 0 spiro atoms. The lowest BCUT2D eigenvalue weighted by molar-refractivity contribution is 0.0914. The molecule has 2 aromatic carbocycles. The fourth-order valence-electron chi connectivity index (χ4n) is 3.48. The third kappa shape index (κ3) is 3.59. The Kier molecular flexibility index (Phi) is 5.14. The average Bonchev–Trinajstić information content (AvgIpc) is 2.74. The highest BCUT2D eigenvalue weighted by atomic mass is 16.5. The number of aryl methyl sites for hydroxylation is 1. The fraction of sp³-hybridized carbons (Fsp3) is 0.227. The Labute approximate surface area is 172 Å². The number of amides is 1. The number of benzene rings is 2. The van der Waals surface area contributed by atoms with E-state index in [4.69, 9.17) is 9.47 Å². The van der Waals surface area contributed by atoms with Gasteiger partial charge in [-0.05, 0) is 25.1 Å². The Morgan fingerprint density at radius 2 is 2.07 bits per heavy atom. The van der Waals surface area contributed by atoms with E-state index in [0.717, 1.165) is 21.9 Å². The van der Waals surface area contributed by atoms with Crippen molar-refractivity contribution in [3.8, 4) is 22.9 Å². The fourth-order valence-corrected chi connectivity index (χ4v) is 3.48. The van der Waals surface area contributed by atoms with Crippen molar-refractivity contribution in [2.75, 3.05) is 13.7 Å². The van der Waals surface area contributed by atoms with Gasteiger partial charge in [-0.15, -0.1) is 0 Å². The lowest BCUT2D eigenvalue weighted by Gasteiger charge is -2.27. The van der Waals surface area contributed by atoms with Crippen LogP contribution in [-0.4, -0.2) is 34.5 Å². The molecule has 1 amide bonds. The standard InChI is InChI=1S/C22H21N3O5/c1-13-7-8-18-14(11-13)15(9-10-30-18)23-22(28)21-17(26)12-20(27)25(24-21)16-5-3-4-6-19(16)29-2/h3-8,11-12,15,26H,9-10H2,1-2H3,(H,23,28). The first-order chi connectivity index (χ1) is 14.5. The largest absolute Gasteiger partial charge is 0.505 e. The molecule has 0 saturated carbocycles. The maximum Gasteiger partial charge on any atom is 0.276 e. The Bertz CT molecular complexity index is 1170. The van der Waals surface area contributed by atoms with Crippen LogP contribution in [-0.2, 0) is 0 Å². The lowest BCUT2D eigenvalue weighted by atomic mass is 9.98. The molecule has 0 bridgehead atoms. The maximum atomic E-state index is 13.0. The highest BCUT2D eigenvalue weighted by Gasteiger charge is 2.26. The van der Waals surface area contributed by atoms with Gasteiger partial charge in [-0.1, -0.05) is 29.8 Å². The second-order valence-corrected chi connectivity index (χ2v) is 7.00. The Morgan fingerprint density at radius 3 is 2.87 bits per heavy atom. The highest BCUT2D eigenvalue weighted by Crippen LogP contribution is 2.33. The number of ether oxygens (including phenoxy) is 2. The predicted octanol–water partition coefficient (Wildman–Crippen LogP) is 2.51. The number of methoxy groups -OCH3 is 1. The zero-order valence-electron chi connectivity index (χ0n) is 16.6. The zero-order chi connectivity index (χ0) is 21.3. The van der Waals surface area contributed by atoms with Crippen LogP contribution in [0.4, 0.5) is 0 Å². The van der Waals surface area contributed by atoms with Crippen LogP contribution in [0.2, 0.25) is 0 Å². The summed E-state index contributed by atoms with van der Waals surface area (Å²) in [5.41, 5.74) is 1.45. The van der Waals surface area contributed by atoms with E-state index in [1.165, 1.54) is 7.11 Å². The van der Waals surface area contributed by atoms with Crippen molar-refractivity contribution in [2.45, 2.75) is 19.4 Å². The summed E-state index contributed by atoms with van der Waals surface area (Å²) < 4.78 is 12.0. The van der Waals surface area contributed by atoms with E-state index in [0.29, 0.717) is 30.2 Å². The van der Waals surface area contributed by atoms with Gasteiger partial charge in [0.1, 0.15) is 17.2 Å². The minimum Gasteiger partial charge on any atom is -0.505 e. The maximum absolute atomic E-state index is 13.0. The molecule has 1 unspecified atom stereocenters. The summed E-state index contributed by atoms with van der Waals surface area (Å²) in [5.74, 6) is 0.0574. The lowest BCUT2D eigenvalue weighted by Crippen LogP contribution is -2.34. The Morgan fingerprint density at radius 1 is 1.27 bits per heavy atom. The van der Waals surface area contributed by atoms with E-state index in [-0.39, 0.29) is 11.7 Å². The smallest absolute Gasteiger partial charge is 0.276 e. The summed E-state index contributed by atoms with van der Waals surface area (Å²) in [6, 6.07) is 13.3. The van der Waals surface area contributed by atoms with Gasteiger partial charge in [-0.2, -0.15) is 9.78 Å². The molecular weight excluding hydrogens is 386 g/mol. The van der Waals surface area contributed by atoms with E-state index in [2.05, 4.69) is 10.4 Å². The second kappa shape index (κ2) is 7.90. The Balaban J connectivity index is 1.69. The summed E-state index contributed by atoms with van der Waals surface area (Å²) in [4.78, 5) is 25.4. The van der Waals surface area contributed by atoms with Crippen LogP contribution in [0.5, 0.6) is 17.2 Å². The summed E-state index contributed by atoms with van der Waals surface area (Å²) in [5, 5.41) is 17.3. The monoisotopic (exact) mass is 407 g/mol. The first kappa shape index (κ1) is 19.5. The number of nitrogens with zero attached hydrogens (tertiary/aromatic N) is 2. The first-order valence-electron chi connectivity index (χ1n) is 9.49. The molecule has 2 N–H and O–H groups in total. The van der Waals surface area contributed by atoms with Crippen LogP contribution in [0.3, 0.4) is 0 Å². The van der Waals surface area contributed by atoms with Gasteiger partial charge in [-0.25, -0.2) is 0 Å². The molecule has 8 nitrogen and oxygen atoms in total. The van der Waals surface area contributed by atoms with Gasteiger partial charge in [0.05, 0.1) is 19.8 Å². The summed E-state index contributed by atoms with van der Waals surface area (Å²) in [6.07, 6.45) is 0.578. The SMILES string of the molecule is COc1ccccc1-n1nc(C(=O)NC2CCOc3ccc(C)cc32)c(O)cc1=O. The molecule has 1 aliphatic rings. The third-order valence-electron chi connectivity index (χ3n) is 4.95. The third-order valence-corrected chi connectivity index (χ3v) is 4.95. The van der Waals surface area contributed by atoms with Gasteiger partial charge < -0.3 is 19.9 Å². The molecule has 1 atom stereocenters. The van der Waals surface area contributed by atoms with Crippen molar-refractivity contribution >= 4 is 5.91 Å². The predicted molar refractivity (Wildman–Crippen MR) is 110 cm³/mol. The van der Waals surface area contributed by atoms with Gasteiger partial charge in [0.25, 0.3) is 11.5 Å². The quantitative estimate of drug-likeness (QED) is 0.689. The van der Waals surface area contributed by atoms with Crippen LogP contribution in [0.15, 0.2) is 53.3 Å². The average molecular weight is 407 g/mol. The number of carbonyl (C=O) groups is 1.